The molecule has 0 heterocycles. The number of carbonyl (C=O) groups excluding carboxylic acids is 2. The zero-order chi connectivity index (χ0) is 31.3. The summed E-state index contributed by atoms with van der Waals surface area (Å²) in [5.41, 5.74) is 9.66. The van der Waals surface area contributed by atoms with Crippen LogP contribution >= 0.6 is 11.8 Å². The normalized spacial score (nSPS) is 13.6. The minimum atomic E-state index is -1.33. The Bertz CT molecular complexity index is 1200. The van der Waals surface area contributed by atoms with Crippen LogP contribution in [0.25, 0.3) is 0 Å². The Morgan fingerprint density at radius 2 is 1.35 bits per heavy atom. The van der Waals surface area contributed by atoms with Crippen LogP contribution in [-0.4, -0.2) is 44.5 Å². The molecule has 0 aliphatic rings. The molecule has 0 amide bonds. The molecule has 0 bridgehead atoms. The van der Waals surface area contributed by atoms with Crippen LogP contribution in [0.1, 0.15) is 43.4 Å². The highest BCUT2D eigenvalue weighted by Crippen LogP contribution is 2.48. The summed E-state index contributed by atoms with van der Waals surface area (Å²) < 4.78 is 10.8. The molecule has 0 radical (unpaired) electrons. The molecular weight excluding hydrogens is 571 g/mol. The van der Waals surface area contributed by atoms with Gasteiger partial charge in [0.2, 0.25) is 0 Å². The third kappa shape index (κ3) is 10.5. The van der Waals surface area contributed by atoms with Crippen molar-refractivity contribution in [2.24, 2.45) is 11.7 Å². The highest BCUT2D eigenvalue weighted by atomic mass is 32.2. The van der Waals surface area contributed by atoms with Crippen molar-refractivity contribution in [1.29, 1.82) is 0 Å². The van der Waals surface area contributed by atoms with Crippen LogP contribution in [0.15, 0.2) is 103 Å². The summed E-state index contributed by atoms with van der Waals surface area (Å²) in [6.45, 7) is 10.8. The van der Waals surface area contributed by atoms with E-state index in [0.717, 1.165) is 11.8 Å². The second-order valence-corrected chi connectivity index (χ2v) is 19.3. The zero-order valence-electron chi connectivity index (χ0n) is 26.2. The SMILES string of the molecule is CC(C)C(N)C(=O)OC(/C=C/CCSC(c1ccccc1)(c1ccccc1)c1ccccc1)CC(=O)OCC[Si](C)(C)C. The minimum absolute atomic E-state index is 0.0338. The van der Waals surface area contributed by atoms with Crippen molar-refractivity contribution in [1.82, 2.24) is 0 Å². The molecule has 0 fully saturated rings. The summed E-state index contributed by atoms with van der Waals surface area (Å²) in [6, 6.07) is 31.9. The van der Waals surface area contributed by atoms with Gasteiger partial charge in [-0.15, -0.1) is 11.8 Å². The molecule has 7 heteroatoms. The van der Waals surface area contributed by atoms with Crippen molar-refractivity contribution in [3.63, 3.8) is 0 Å². The van der Waals surface area contributed by atoms with E-state index in [0.29, 0.717) is 13.0 Å². The average Bonchev–Trinajstić information content (AvgIpc) is 2.99. The molecule has 3 rings (SSSR count). The van der Waals surface area contributed by atoms with E-state index >= 15 is 0 Å². The smallest absolute Gasteiger partial charge is 0.323 e. The molecule has 0 aliphatic heterocycles. The summed E-state index contributed by atoms with van der Waals surface area (Å²) in [4.78, 5) is 25.3. The Balaban J connectivity index is 1.78. The van der Waals surface area contributed by atoms with Crippen molar-refractivity contribution >= 4 is 31.8 Å². The Kier molecular flexibility index (Phi) is 13.3. The number of nitrogens with two attached hydrogens (primary N) is 1. The first kappa shape index (κ1) is 34.4. The predicted octanol–water partition coefficient (Wildman–Crippen LogP) is 7.82. The maximum absolute atomic E-state index is 12.7. The third-order valence-electron chi connectivity index (χ3n) is 7.24. The quantitative estimate of drug-likeness (QED) is 0.0580. The lowest BCUT2D eigenvalue weighted by Crippen LogP contribution is -2.39. The summed E-state index contributed by atoms with van der Waals surface area (Å²) in [7, 11) is -1.33. The molecule has 43 heavy (non-hydrogen) atoms. The first-order valence-corrected chi connectivity index (χ1v) is 19.8. The minimum Gasteiger partial charge on any atom is -0.466 e. The lowest BCUT2D eigenvalue weighted by atomic mass is 9.84. The van der Waals surface area contributed by atoms with Crippen molar-refractivity contribution in [3.05, 3.63) is 120 Å². The van der Waals surface area contributed by atoms with Crippen LogP contribution in [0, 0.1) is 5.92 Å². The molecule has 2 atom stereocenters. The predicted molar refractivity (Wildman–Crippen MR) is 182 cm³/mol. The topological polar surface area (TPSA) is 78.6 Å². The van der Waals surface area contributed by atoms with E-state index in [1.54, 1.807) is 6.08 Å². The Morgan fingerprint density at radius 3 is 1.79 bits per heavy atom. The Labute approximate surface area is 263 Å². The fraction of sp³-hybridized carbons (Fsp3) is 0.389. The summed E-state index contributed by atoms with van der Waals surface area (Å²) >= 11 is 1.86. The molecule has 3 aromatic carbocycles. The van der Waals surface area contributed by atoms with E-state index in [-0.39, 0.29) is 18.3 Å². The van der Waals surface area contributed by atoms with Gasteiger partial charge in [0.1, 0.15) is 12.1 Å². The van der Waals surface area contributed by atoms with Gasteiger partial charge >= 0.3 is 11.9 Å². The first-order valence-electron chi connectivity index (χ1n) is 15.1. The standard InChI is InChI=1S/C36H47NO4SSi/c1-28(2)34(37)35(39)41-32(27-33(38)40-24-26-43(3,4)5)23-15-16-25-42-36(29-17-9-6-10-18-29,30-19-11-7-12-20-30)31-21-13-8-14-22-31/h6-15,17-23,28,32,34H,16,24-27,37H2,1-5H3/b23-15+. The van der Waals surface area contributed by atoms with E-state index < -0.39 is 30.9 Å². The summed E-state index contributed by atoms with van der Waals surface area (Å²) in [5.74, 6) is -0.156. The third-order valence-corrected chi connectivity index (χ3v) is 10.5. The fourth-order valence-corrected chi connectivity index (χ4v) is 6.82. The molecule has 0 saturated carbocycles. The first-order chi connectivity index (χ1) is 20.5. The monoisotopic (exact) mass is 617 g/mol. The molecule has 0 spiro atoms. The van der Waals surface area contributed by atoms with Gasteiger partial charge in [0.15, 0.2) is 0 Å². The van der Waals surface area contributed by atoms with Gasteiger partial charge in [-0.05, 0) is 46.9 Å². The average molecular weight is 618 g/mol. The number of ether oxygens (including phenoxy) is 2. The summed E-state index contributed by atoms with van der Waals surface area (Å²) in [6.07, 6.45) is 3.75. The van der Waals surface area contributed by atoms with E-state index in [1.165, 1.54) is 16.7 Å². The maximum Gasteiger partial charge on any atom is 0.323 e. The van der Waals surface area contributed by atoms with E-state index in [1.807, 2.05) is 49.9 Å². The second-order valence-electron chi connectivity index (χ2n) is 12.3. The maximum atomic E-state index is 12.7. The summed E-state index contributed by atoms with van der Waals surface area (Å²) in [5, 5.41) is 0. The largest absolute Gasteiger partial charge is 0.466 e. The molecule has 0 aromatic heterocycles. The van der Waals surface area contributed by atoms with Gasteiger partial charge in [0.05, 0.1) is 17.8 Å². The van der Waals surface area contributed by atoms with Crippen molar-refractivity contribution in [2.45, 2.75) is 69.3 Å². The fourth-order valence-electron chi connectivity index (χ4n) is 4.64. The molecule has 230 valence electrons. The van der Waals surface area contributed by atoms with Gasteiger partial charge in [0.25, 0.3) is 0 Å². The second kappa shape index (κ2) is 16.6. The number of carbonyl (C=O) groups is 2. The van der Waals surface area contributed by atoms with Crippen molar-refractivity contribution in [2.75, 3.05) is 12.4 Å². The van der Waals surface area contributed by atoms with Gasteiger partial charge in [-0.25, -0.2) is 0 Å². The van der Waals surface area contributed by atoms with Crippen molar-refractivity contribution < 1.29 is 19.1 Å². The van der Waals surface area contributed by atoms with Gasteiger partial charge in [0, 0.05) is 8.07 Å². The molecule has 2 unspecified atom stereocenters. The molecule has 3 aromatic rings. The lowest BCUT2D eigenvalue weighted by Gasteiger charge is -2.35. The van der Waals surface area contributed by atoms with Crippen molar-refractivity contribution in [3.8, 4) is 0 Å². The van der Waals surface area contributed by atoms with Crippen LogP contribution in [0.5, 0.6) is 0 Å². The zero-order valence-corrected chi connectivity index (χ0v) is 28.0. The lowest BCUT2D eigenvalue weighted by molar-refractivity contribution is -0.154. The molecule has 5 nitrogen and oxygen atoms in total. The van der Waals surface area contributed by atoms with Gasteiger partial charge in [-0.3, -0.25) is 9.59 Å². The highest BCUT2D eigenvalue weighted by Gasteiger charge is 2.36. The Morgan fingerprint density at radius 1 is 0.860 bits per heavy atom. The molecule has 2 N–H and O–H groups in total. The number of thioether (sulfide) groups is 1. The number of hydrogen-bond donors (Lipinski definition) is 1. The Hall–Kier alpha value is -3.13. The van der Waals surface area contributed by atoms with Crippen LogP contribution in [-0.2, 0) is 23.8 Å². The molecule has 0 aliphatic carbocycles. The molecule has 0 saturated heterocycles. The van der Waals surface area contributed by atoms with E-state index in [4.69, 9.17) is 15.2 Å². The molecular formula is C36H47NO4SSi. The number of esters is 2. The van der Waals surface area contributed by atoms with Crippen LogP contribution in [0.4, 0.5) is 0 Å². The van der Waals surface area contributed by atoms with Gasteiger partial charge in [-0.2, -0.15) is 0 Å². The van der Waals surface area contributed by atoms with Gasteiger partial charge < -0.3 is 15.2 Å². The van der Waals surface area contributed by atoms with Crippen LogP contribution in [0.2, 0.25) is 25.7 Å². The number of allylic oxidation sites excluding steroid dienone is 1. The van der Waals surface area contributed by atoms with E-state index in [9.17, 15) is 9.59 Å². The van der Waals surface area contributed by atoms with Crippen LogP contribution in [0.3, 0.4) is 0 Å². The highest BCUT2D eigenvalue weighted by molar-refractivity contribution is 8.00. The number of hydrogen-bond acceptors (Lipinski definition) is 6. The van der Waals surface area contributed by atoms with Crippen LogP contribution < -0.4 is 5.73 Å². The number of benzene rings is 3. The van der Waals surface area contributed by atoms with Gasteiger partial charge in [-0.1, -0.05) is 131 Å². The van der Waals surface area contributed by atoms with E-state index in [2.05, 4.69) is 92.4 Å². The number of rotatable bonds is 16.